The number of piperazine rings is 1. The SMILES string of the molecule is C/C=C/c1cc(Nc2cc(N3CCN(C)CC3)nc(Oc3ccc4c(c3F)CC(C)C4)n2)n[nH]1. The van der Waals surface area contributed by atoms with E-state index in [4.69, 9.17) is 4.74 Å². The fraction of sp³-hybridized carbons (Fsp3) is 0.400. The molecule has 1 atom stereocenters. The Morgan fingerprint density at radius 3 is 2.74 bits per heavy atom. The molecule has 1 unspecified atom stereocenters. The number of likely N-dealkylation sites (N-methyl/N-ethyl adjacent to an activating group) is 1. The van der Waals surface area contributed by atoms with Crippen molar-refractivity contribution in [1.82, 2.24) is 25.1 Å². The van der Waals surface area contributed by atoms with Gasteiger partial charge in [-0.15, -0.1) is 0 Å². The number of nitrogens with zero attached hydrogens (tertiary/aromatic N) is 5. The normalized spacial score (nSPS) is 18.5. The Labute approximate surface area is 198 Å². The first-order valence-corrected chi connectivity index (χ1v) is 11.7. The molecule has 178 valence electrons. The van der Waals surface area contributed by atoms with Crippen molar-refractivity contribution in [1.29, 1.82) is 0 Å². The fourth-order valence-corrected chi connectivity index (χ4v) is 4.54. The molecular weight excluding hydrogens is 433 g/mol. The van der Waals surface area contributed by atoms with Gasteiger partial charge in [0.15, 0.2) is 17.4 Å². The zero-order valence-corrected chi connectivity index (χ0v) is 19.8. The number of anilines is 3. The summed E-state index contributed by atoms with van der Waals surface area (Å²) >= 11 is 0. The summed E-state index contributed by atoms with van der Waals surface area (Å²) in [5.74, 6) is 2.18. The third kappa shape index (κ3) is 4.75. The van der Waals surface area contributed by atoms with Crippen LogP contribution in [-0.4, -0.2) is 58.3 Å². The van der Waals surface area contributed by atoms with E-state index in [9.17, 15) is 0 Å². The summed E-state index contributed by atoms with van der Waals surface area (Å²) in [7, 11) is 2.11. The highest BCUT2D eigenvalue weighted by Gasteiger charge is 2.25. The molecular formula is C25H30FN7O. The molecule has 1 fully saturated rings. The van der Waals surface area contributed by atoms with Gasteiger partial charge >= 0.3 is 6.01 Å². The Balaban J connectivity index is 1.45. The molecule has 5 rings (SSSR count). The molecule has 2 N–H and O–H groups in total. The summed E-state index contributed by atoms with van der Waals surface area (Å²) in [6.07, 6.45) is 5.49. The highest BCUT2D eigenvalue weighted by molar-refractivity contribution is 5.60. The molecule has 0 spiro atoms. The van der Waals surface area contributed by atoms with Crippen LogP contribution in [-0.2, 0) is 12.8 Å². The Kier molecular flexibility index (Phi) is 6.19. The van der Waals surface area contributed by atoms with E-state index in [0.29, 0.717) is 17.6 Å². The molecule has 0 radical (unpaired) electrons. The Hall–Kier alpha value is -3.46. The minimum atomic E-state index is -0.312. The summed E-state index contributed by atoms with van der Waals surface area (Å²) in [6, 6.07) is 7.51. The van der Waals surface area contributed by atoms with E-state index in [1.165, 1.54) is 0 Å². The van der Waals surface area contributed by atoms with Gasteiger partial charge in [0.1, 0.15) is 11.6 Å². The predicted octanol–water partition coefficient (Wildman–Crippen LogP) is 4.39. The zero-order chi connectivity index (χ0) is 23.7. The van der Waals surface area contributed by atoms with Gasteiger partial charge in [0.25, 0.3) is 0 Å². The summed E-state index contributed by atoms with van der Waals surface area (Å²) < 4.78 is 21.2. The third-order valence-corrected chi connectivity index (χ3v) is 6.35. The van der Waals surface area contributed by atoms with Gasteiger partial charge in [-0.1, -0.05) is 19.1 Å². The van der Waals surface area contributed by atoms with Crippen molar-refractivity contribution in [3.05, 3.63) is 53.0 Å². The summed E-state index contributed by atoms with van der Waals surface area (Å²) in [5, 5.41) is 10.5. The van der Waals surface area contributed by atoms with Crippen LogP contribution in [0.1, 0.15) is 30.7 Å². The maximum Gasteiger partial charge on any atom is 0.326 e. The number of halogens is 1. The number of nitrogens with one attached hydrogen (secondary N) is 2. The van der Waals surface area contributed by atoms with Crippen LogP contribution < -0.4 is 15.0 Å². The maximum atomic E-state index is 15.2. The number of rotatable bonds is 6. The molecule has 34 heavy (non-hydrogen) atoms. The van der Waals surface area contributed by atoms with Crippen LogP contribution in [0.4, 0.5) is 21.8 Å². The first-order chi connectivity index (χ1) is 16.5. The van der Waals surface area contributed by atoms with Crippen LogP contribution in [0.25, 0.3) is 6.08 Å². The molecule has 9 heteroatoms. The second-order valence-electron chi connectivity index (χ2n) is 9.15. The number of allylic oxidation sites excluding steroid dienone is 1. The number of aromatic nitrogens is 4. The number of ether oxygens (including phenoxy) is 1. The largest absolute Gasteiger partial charge is 0.421 e. The van der Waals surface area contributed by atoms with Crippen molar-refractivity contribution in [2.24, 2.45) is 5.92 Å². The van der Waals surface area contributed by atoms with Gasteiger partial charge in [-0.3, -0.25) is 5.10 Å². The molecule has 3 aromatic rings. The van der Waals surface area contributed by atoms with E-state index in [2.05, 4.69) is 49.3 Å². The Bertz CT molecular complexity index is 1200. The summed E-state index contributed by atoms with van der Waals surface area (Å²) in [4.78, 5) is 13.6. The number of H-pyrrole nitrogens is 1. The van der Waals surface area contributed by atoms with Gasteiger partial charge in [-0.2, -0.15) is 15.1 Å². The van der Waals surface area contributed by atoms with E-state index in [1.54, 1.807) is 6.07 Å². The van der Waals surface area contributed by atoms with Crippen molar-refractivity contribution in [3.8, 4) is 11.8 Å². The van der Waals surface area contributed by atoms with Gasteiger partial charge in [0.2, 0.25) is 0 Å². The average molecular weight is 464 g/mol. The highest BCUT2D eigenvalue weighted by Crippen LogP contribution is 2.35. The lowest BCUT2D eigenvalue weighted by molar-refractivity contribution is 0.311. The first-order valence-electron chi connectivity index (χ1n) is 11.7. The second-order valence-corrected chi connectivity index (χ2v) is 9.15. The number of aromatic amines is 1. The number of hydrogen-bond acceptors (Lipinski definition) is 7. The van der Waals surface area contributed by atoms with Gasteiger partial charge in [-0.05, 0) is 56.0 Å². The molecule has 1 aromatic carbocycles. The molecule has 2 aliphatic rings. The average Bonchev–Trinajstić information content (AvgIpc) is 3.42. The van der Waals surface area contributed by atoms with Crippen molar-refractivity contribution >= 4 is 23.5 Å². The van der Waals surface area contributed by atoms with Crippen molar-refractivity contribution < 1.29 is 9.13 Å². The molecule has 0 amide bonds. The van der Waals surface area contributed by atoms with E-state index in [0.717, 1.165) is 61.7 Å². The lowest BCUT2D eigenvalue weighted by atomic mass is 10.1. The van der Waals surface area contributed by atoms with Gasteiger partial charge in [0.05, 0.1) is 5.69 Å². The zero-order valence-electron chi connectivity index (χ0n) is 19.8. The number of fused-ring (bicyclic) bond motifs is 1. The molecule has 8 nitrogen and oxygen atoms in total. The topological polar surface area (TPSA) is 82.2 Å². The summed E-state index contributed by atoms with van der Waals surface area (Å²) in [6.45, 7) is 7.64. The lowest BCUT2D eigenvalue weighted by Crippen LogP contribution is -2.44. The minimum absolute atomic E-state index is 0.105. The fourth-order valence-electron chi connectivity index (χ4n) is 4.54. The van der Waals surface area contributed by atoms with Crippen LogP contribution in [0, 0.1) is 11.7 Å². The number of benzene rings is 1. The summed E-state index contributed by atoms with van der Waals surface area (Å²) in [5.41, 5.74) is 2.68. The second kappa shape index (κ2) is 9.42. The molecule has 1 aliphatic heterocycles. The Morgan fingerprint density at radius 1 is 1.12 bits per heavy atom. The predicted molar refractivity (Wildman–Crippen MR) is 131 cm³/mol. The molecule has 3 heterocycles. The van der Waals surface area contributed by atoms with Crippen LogP contribution in [0.3, 0.4) is 0 Å². The molecule has 2 aromatic heterocycles. The van der Waals surface area contributed by atoms with E-state index >= 15 is 4.39 Å². The minimum Gasteiger partial charge on any atom is -0.421 e. The molecule has 1 saturated heterocycles. The molecule has 1 aliphatic carbocycles. The van der Waals surface area contributed by atoms with Crippen LogP contribution in [0.2, 0.25) is 0 Å². The quantitative estimate of drug-likeness (QED) is 0.561. The molecule has 0 saturated carbocycles. The number of hydrogen-bond donors (Lipinski definition) is 2. The standard InChI is InChI=1S/C25H30FN7O/c1-4-5-18-14-22(31-30-18)27-21-15-23(33-10-8-32(3)9-11-33)29-25(28-21)34-20-7-6-17-12-16(2)13-19(17)24(20)26/h4-7,14-16H,8-13H2,1-3H3,(H2,27,28,29,30,31)/b5-4+. The van der Waals surface area contributed by atoms with Crippen LogP contribution >= 0.6 is 0 Å². The van der Waals surface area contributed by atoms with E-state index in [-0.39, 0.29) is 17.6 Å². The van der Waals surface area contributed by atoms with E-state index < -0.39 is 0 Å². The van der Waals surface area contributed by atoms with Gasteiger partial charge in [0, 0.05) is 38.3 Å². The van der Waals surface area contributed by atoms with Crippen molar-refractivity contribution in [3.63, 3.8) is 0 Å². The smallest absolute Gasteiger partial charge is 0.326 e. The lowest BCUT2D eigenvalue weighted by Gasteiger charge is -2.33. The van der Waals surface area contributed by atoms with Crippen molar-refractivity contribution in [2.45, 2.75) is 26.7 Å². The Morgan fingerprint density at radius 2 is 1.94 bits per heavy atom. The van der Waals surface area contributed by atoms with Crippen molar-refractivity contribution in [2.75, 3.05) is 43.4 Å². The first kappa shape index (κ1) is 22.3. The van der Waals surface area contributed by atoms with Gasteiger partial charge < -0.3 is 19.9 Å². The third-order valence-electron chi connectivity index (χ3n) is 6.35. The molecule has 0 bridgehead atoms. The van der Waals surface area contributed by atoms with Crippen LogP contribution in [0.15, 0.2) is 30.3 Å². The van der Waals surface area contributed by atoms with Crippen LogP contribution in [0.5, 0.6) is 11.8 Å². The van der Waals surface area contributed by atoms with Gasteiger partial charge in [-0.25, -0.2) is 4.39 Å². The maximum absolute atomic E-state index is 15.2. The van der Waals surface area contributed by atoms with E-state index in [1.807, 2.05) is 37.3 Å². The monoisotopic (exact) mass is 463 g/mol. The highest BCUT2D eigenvalue weighted by atomic mass is 19.1.